The molecule has 0 amide bonds. The molecule has 0 saturated heterocycles. The van der Waals surface area contributed by atoms with Crippen LogP contribution in [0.2, 0.25) is 0 Å². The smallest absolute Gasteiger partial charge is 0.238 e. The number of nitrogens with zero attached hydrogens (tertiary/aromatic N) is 5. The molecule has 0 saturated carbocycles. The average Bonchev–Trinajstić information content (AvgIpc) is 3.81. The topological polar surface area (TPSA) is 48.5 Å². The maximum absolute atomic E-state index is 5.17. The van der Waals surface area contributed by atoms with Crippen LogP contribution in [0.4, 0.5) is 0 Å². The number of benzene rings is 7. The van der Waals surface area contributed by atoms with Crippen molar-refractivity contribution in [3.05, 3.63) is 175 Å². The van der Waals surface area contributed by atoms with Gasteiger partial charge in [0.05, 0.1) is 22.1 Å². The van der Waals surface area contributed by atoms with Crippen LogP contribution in [0.1, 0.15) is 25.0 Å². The first-order chi connectivity index (χ1) is 26.1. The van der Waals surface area contributed by atoms with E-state index in [2.05, 4.69) is 169 Å². The van der Waals surface area contributed by atoms with Crippen molar-refractivity contribution in [2.24, 2.45) is 0 Å². The Morgan fingerprint density at radius 2 is 0.962 bits per heavy atom. The monoisotopic (exact) mass is 679 g/mol. The normalized spacial score (nSPS) is 13.2. The largest absolute Gasteiger partial charge is 0.309 e. The quantitative estimate of drug-likeness (QED) is 0.186. The molecule has 250 valence electrons. The Kier molecular flexibility index (Phi) is 6.23. The van der Waals surface area contributed by atoms with Crippen LogP contribution in [0.5, 0.6) is 0 Å². The molecule has 11 rings (SSSR count). The fourth-order valence-corrected chi connectivity index (χ4v) is 8.74. The van der Waals surface area contributed by atoms with E-state index < -0.39 is 0 Å². The van der Waals surface area contributed by atoms with E-state index in [4.69, 9.17) is 15.0 Å². The highest BCUT2D eigenvalue weighted by molar-refractivity contribution is 6.18. The summed E-state index contributed by atoms with van der Waals surface area (Å²) in [6.45, 7) is 4.69. The molecule has 7 aromatic carbocycles. The molecule has 0 spiro atoms. The maximum Gasteiger partial charge on any atom is 0.238 e. The van der Waals surface area contributed by atoms with Crippen LogP contribution in [0, 0.1) is 0 Å². The highest BCUT2D eigenvalue weighted by atomic mass is 15.2. The van der Waals surface area contributed by atoms with Crippen LogP contribution in [0.3, 0.4) is 0 Å². The molecule has 5 heteroatoms. The second kappa shape index (κ2) is 11.1. The van der Waals surface area contributed by atoms with Crippen molar-refractivity contribution in [3.63, 3.8) is 0 Å². The van der Waals surface area contributed by atoms with Gasteiger partial charge in [-0.25, -0.2) is 4.98 Å². The first-order valence-corrected chi connectivity index (χ1v) is 18.1. The molecule has 10 aromatic rings. The predicted octanol–water partition coefficient (Wildman–Crippen LogP) is 11.7. The summed E-state index contributed by atoms with van der Waals surface area (Å²) in [5.74, 6) is 1.85. The van der Waals surface area contributed by atoms with Gasteiger partial charge >= 0.3 is 0 Å². The zero-order valence-corrected chi connectivity index (χ0v) is 29.3. The summed E-state index contributed by atoms with van der Waals surface area (Å²) in [7, 11) is 0. The van der Waals surface area contributed by atoms with Gasteiger partial charge < -0.3 is 4.57 Å². The van der Waals surface area contributed by atoms with E-state index in [9.17, 15) is 0 Å². The maximum atomic E-state index is 5.17. The molecular formula is C48H33N5. The van der Waals surface area contributed by atoms with Gasteiger partial charge in [0.15, 0.2) is 11.6 Å². The molecule has 0 bridgehead atoms. The van der Waals surface area contributed by atoms with Crippen molar-refractivity contribution in [3.8, 4) is 45.5 Å². The summed E-state index contributed by atoms with van der Waals surface area (Å²) in [6.07, 6.45) is 0. The molecule has 0 atom stereocenters. The highest BCUT2D eigenvalue weighted by Gasteiger charge is 2.37. The summed E-state index contributed by atoms with van der Waals surface area (Å²) >= 11 is 0. The molecule has 0 aliphatic heterocycles. The van der Waals surface area contributed by atoms with Gasteiger partial charge in [0, 0.05) is 43.8 Å². The van der Waals surface area contributed by atoms with Crippen molar-refractivity contribution in [1.82, 2.24) is 24.1 Å². The van der Waals surface area contributed by atoms with Crippen LogP contribution in [-0.4, -0.2) is 24.1 Å². The summed E-state index contributed by atoms with van der Waals surface area (Å²) in [5, 5.41) is 4.90. The second-order valence-electron chi connectivity index (χ2n) is 14.5. The average molecular weight is 680 g/mol. The SMILES string of the molecule is CC1(C)c2ccccc2-c2c1ccc1c2c2ccccc2n1-c1ccc(-c2nc(-c3ccccc3)nc(-n3c4ccccc4c4ccccc43)n2)cc1. The number of rotatable bonds is 4. The number of hydrogen-bond acceptors (Lipinski definition) is 3. The van der Waals surface area contributed by atoms with E-state index in [1.807, 2.05) is 18.2 Å². The number of aromatic nitrogens is 5. The molecule has 1 aliphatic carbocycles. The van der Waals surface area contributed by atoms with Crippen LogP contribution in [-0.2, 0) is 5.41 Å². The lowest BCUT2D eigenvalue weighted by Crippen LogP contribution is -2.14. The molecule has 0 radical (unpaired) electrons. The number of para-hydroxylation sites is 3. The number of fused-ring (bicyclic) bond motifs is 10. The fraction of sp³-hybridized carbons (Fsp3) is 0.0625. The van der Waals surface area contributed by atoms with Crippen LogP contribution in [0.25, 0.3) is 89.2 Å². The Hall–Kier alpha value is -6.85. The molecule has 0 unspecified atom stereocenters. The van der Waals surface area contributed by atoms with Crippen molar-refractivity contribution in [2.75, 3.05) is 0 Å². The van der Waals surface area contributed by atoms with E-state index >= 15 is 0 Å². The van der Waals surface area contributed by atoms with Gasteiger partial charge in [-0.3, -0.25) is 4.57 Å². The van der Waals surface area contributed by atoms with Crippen LogP contribution < -0.4 is 0 Å². The summed E-state index contributed by atoms with van der Waals surface area (Å²) in [4.78, 5) is 15.3. The van der Waals surface area contributed by atoms with Gasteiger partial charge in [-0.2, -0.15) is 9.97 Å². The Morgan fingerprint density at radius 3 is 1.64 bits per heavy atom. The lowest BCUT2D eigenvalue weighted by atomic mass is 9.82. The van der Waals surface area contributed by atoms with E-state index in [-0.39, 0.29) is 5.41 Å². The third-order valence-corrected chi connectivity index (χ3v) is 11.2. The van der Waals surface area contributed by atoms with E-state index in [0.29, 0.717) is 17.6 Å². The predicted molar refractivity (Wildman–Crippen MR) is 217 cm³/mol. The van der Waals surface area contributed by atoms with E-state index in [0.717, 1.165) is 27.8 Å². The molecule has 0 fully saturated rings. The summed E-state index contributed by atoms with van der Waals surface area (Å²) < 4.78 is 4.56. The highest BCUT2D eigenvalue weighted by Crippen LogP contribution is 2.53. The van der Waals surface area contributed by atoms with Gasteiger partial charge in [0.1, 0.15) is 0 Å². The van der Waals surface area contributed by atoms with Gasteiger partial charge in [0.2, 0.25) is 5.95 Å². The molecule has 1 aliphatic rings. The van der Waals surface area contributed by atoms with Crippen molar-refractivity contribution >= 4 is 43.6 Å². The molecule has 3 aromatic heterocycles. The van der Waals surface area contributed by atoms with E-state index in [1.165, 1.54) is 54.8 Å². The standard InChI is InChI=1S/C48H33N5/c1-48(2)37-20-10-6-18-35(37)43-38(48)28-29-42-44(43)36-19-9-13-23-41(36)52(42)32-26-24-31(25-27-32)46-49-45(30-14-4-3-5-15-30)50-47(51-46)53-39-21-11-7-16-33(39)34-17-8-12-22-40(34)53/h3-29H,1-2H3. The zero-order chi connectivity index (χ0) is 35.3. The summed E-state index contributed by atoms with van der Waals surface area (Å²) in [5.41, 5.74) is 12.8. The third kappa shape index (κ3) is 4.28. The summed E-state index contributed by atoms with van der Waals surface area (Å²) in [6, 6.07) is 58.1. The first kappa shape index (κ1) is 29.8. The third-order valence-electron chi connectivity index (χ3n) is 11.2. The van der Waals surface area contributed by atoms with Crippen molar-refractivity contribution < 1.29 is 0 Å². The van der Waals surface area contributed by atoms with Crippen molar-refractivity contribution in [1.29, 1.82) is 0 Å². The Morgan fingerprint density at radius 1 is 0.415 bits per heavy atom. The van der Waals surface area contributed by atoms with E-state index in [1.54, 1.807) is 0 Å². The Labute approximate surface area is 306 Å². The van der Waals surface area contributed by atoms with Crippen molar-refractivity contribution in [2.45, 2.75) is 19.3 Å². The van der Waals surface area contributed by atoms with Gasteiger partial charge in [0.25, 0.3) is 0 Å². The van der Waals surface area contributed by atoms with Gasteiger partial charge in [-0.1, -0.05) is 129 Å². The minimum absolute atomic E-state index is 0.0633. The fourth-order valence-electron chi connectivity index (χ4n) is 8.74. The van der Waals surface area contributed by atoms with Crippen LogP contribution in [0.15, 0.2) is 164 Å². The lowest BCUT2D eigenvalue weighted by molar-refractivity contribution is 0.661. The molecule has 3 heterocycles. The minimum Gasteiger partial charge on any atom is -0.309 e. The Balaban J connectivity index is 1.10. The first-order valence-electron chi connectivity index (χ1n) is 18.1. The van der Waals surface area contributed by atoms with Crippen LogP contribution >= 0.6 is 0 Å². The Bertz CT molecular complexity index is 3020. The molecular weight excluding hydrogens is 647 g/mol. The zero-order valence-electron chi connectivity index (χ0n) is 29.3. The number of hydrogen-bond donors (Lipinski definition) is 0. The molecule has 5 nitrogen and oxygen atoms in total. The minimum atomic E-state index is -0.0633. The van der Waals surface area contributed by atoms with Gasteiger partial charge in [-0.05, 0) is 70.8 Å². The molecule has 53 heavy (non-hydrogen) atoms. The second-order valence-corrected chi connectivity index (χ2v) is 14.5. The van der Waals surface area contributed by atoms with Gasteiger partial charge in [-0.15, -0.1) is 0 Å². The molecule has 0 N–H and O–H groups in total. The lowest BCUT2D eigenvalue weighted by Gasteiger charge is -2.21.